The Kier molecular flexibility index (Phi) is 10.3. The van der Waals surface area contributed by atoms with E-state index in [1.54, 1.807) is 4.90 Å². The van der Waals surface area contributed by atoms with Crippen LogP contribution in [0, 0.1) is 0 Å². The van der Waals surface area contributed by atoms with E-state index in [-0.39, 0.29) is 31.6 Å². The van der Waals surface area contributed by atoms with Gasteiger partial charge in [0.1, 0.15) is 0 Å². The van der Waals surface area contributed by atoms with Gasteiger partial charge in [0.15, 0.2) is 0 Å². The van der Waals surface area contributed by atoms with Crippen molar-refractivity contribution in [2.45, 2.75) is 25.7 Å². The molecular formula is C12H23NO5. The zero-order chi connectivity index (χ0) is 13.8. The van der Waals surface area contributed by atoms with Crippen LogP contribution in [0.15, 0.2) is 0 Å². The zero-order valence-corrected chi connectivity index (χ0v) is 11.2. The molecule has 6 nitrogen and oxygen atoms in total. The first kappa shape index (κ1) is 16.9. The van der Waals surface area contributed by atoms with Gasteiger partial charge in [-0.05, 0) is 19.4 Å². The first-order valence-electron chi connectivity index (χ1n) is 6.11. The van der Waals surface area contributed by atoms with Crippen LogP contribution in [0.4, 0.5) is 0 Å². The molecule has 0 bridgehead atoms. The molecule has 0 aliphatic rings. The molecule has 18 heavy (non-hydrogen) atoms. The molecule has 6 heteroatoms. The van der Waals surface area contributed by atoms with Crippen molar-refractivity contribution < 1.29 is 24.2 Å². The Morgan fingerprint density at radius 3 is 1.89 bits per heavy atom. The number of methoxy groups -OCH3 is 2. The second-order valence-corrected chi connectivity index (χ2v) is 4.00. The number of ether oxygens (including phenoxy) is 2. The Balaban J connectivity index is 3.96. The molecule has 0 aromatic rings. The van der Waals surface area contributed by atoms with Gasteiger partial charge in [-0.3, -0.25) is 14.5 Å². The van der Waals surface area contributed by atoms with Crippen molar-refractivity contribution in [1.82, 2.24) is 4.90 Å². The van der Waals surface area contributed by atoms with E-state index in [1.165, 1.54) is 14.2 Å². The van der Waals surface area contributed by atoms with Gasteiger partial charge < -0.3 is 14.6 Å². The van der Waals surface area contributed by atoms with Crippen LogP contribution in [0.2, 0.25) is 0 Å². The molecular weight excluding hydrogens is 238 g/mol. The molecule has 0 aliphatic heterocycles. The second kappa shape index (κ2) is 11.0. The smallest absolute Gasteiger partial charge is 0.319 e. The molecule has 0 spiro atoms. The predicted octanol–water partition coefficient (Wildman–Crippen LogP) is 0.187. The van der Waals surface area contributed by atoms with Crippen LogP contribution in [-0.4, -0.2) is 62.4 Å². The Labute approximate surface area is 108 Å². The lowest BCUT2D eigenvalue weighted by atomic mass is 10.2. The molecule has 0 amide bonds. The van der Waals surface area contributed by atoms with Gasteiger partial charge in [-0.25, -0.2) is 0 Å². The standard InChI is InChI=1S/C12H23NO5/c1-17-11(15)9-13(10-12(16)18-2)7-5-3-4-6-8-14/h14H,3-10H2,1-2H3. The van der Waals surface area contributed by atoms with Gasteiger partial charge in [-0.1, -0.05) is 12.8 Å². The first-order chi connectivity index (χ1) is 8.63. The van der Waals surface area contributed by atoms with Crippen LogP contribution in [0.5, 0.6) is 0 Å². The molecule has 0 unspecified atom stereocenters. The summed E-state index contributed by atoms with van der Waals surface area (Å²) in [5.74, 6) is -0.733. The summed E-state index contributed by atoms with van der Waals surface area (Å²) in [6.45, 7) is 1.01. The molecule has 0 fully saturated rings. The van der Waals surface area contributed by atoms with Crippen LogP contribution >= 0.6 is 0 Å². The van der Waals surface area contributed by atoms with E-state index in [0.717, 1.165) is 25.7 Å². The maximum atomic E-state index is 11.2. The van der Waals surface area contributed by atoms with Crippen molar-refractivity contribution in [3.05, 3.63) is 0 Å². The number of esters is 2. The summed E-state index contributed by atoms with van der Waals surface area (Å²) < 4.78 is 9.15. The monoisotopic (exact) mass is 261 g/mol. The maximum absolute atomic E-state index is 11.2. The third-order valence-electron chi connectivity index (χ3n) is 2.54. The van der Waals surface area contributed by atoms with E-state index in [1.807, 2.05) is 0 Å². The van der Waals surface area contributed by atoms with Gasteiger partial charge in [0, 0.05) is 6.61 Å². The fourth-order valence-corrected chi connectivity index (χ4v) is 1.51. The number of hydrogen-bond acceptors (Lipinski definition) is 6. The quantitative estimate of drug-likeness (QED) is 0.447. The van der Waals surface area contributed by atoms with Crippen molar-refractivity contribution in [3.63, 3.8) is 0 Å². The van der Waals surface area contributed by atoms with Crippen LogP contribution in [0.25, 0.3) is 0 Å². The number of rotatable bonds is 10. The Morgan fingerprint density at radius 2 is 1.44 bits per heavy atom. The molecule has 0 saturated carbocycles. The van der Waals surface area contributed by atoms with E-state index in [2.05, 4.69) is 9.47 Å². The van der Waals surface area contributed by atoms with Crippen molar-refractivity contribution in [1.29, 1.82) is 0 Å². The first-order valence-corrected chi connectivity index (χ1v) is 6.11. The second-order valence-electron chi connectivity index (χ2n) is 4.00. The Bertz CT molecular complexity index is 227. The van der Waals surface area contributed by atoms with Crippen LogP contribution in [0.1, 0.15) is 25.7 Å². The van der Waals surface area contributed by atoms with Crippen molar-refractivity contribution in [2.24, 2.45) is 0 Å². The largest absolute Gasteiger partial charge is 0.468 e. The van der Waals surface area contributed by atoms with E-state index >= 15 is 0 Å². The number of hydrogen-bond donors (Lipinski definition) is 1. The molecule has 106 valence electrons. The van der Waals surface area contributed by atoms with Gasteiger partial charge >= 0.3 is 11.9 Å². The highest BCUT2D eigenvalue weighted by Gasteiger charge is 2.14. The minimum absolute atomic E-state index is 0.0889. The van der Waals surface area contributed by atoms with Crippen LogP contribution in [-0.2, 0) is 19.1 Å². The number of aliphatic hydroxyl groups is 1. The average Bonchev–Trinajstić information content (AvgIpc) is 2.37. The molecule has 0 radical (unpaired) electrons. The van der Waals surface area contributed by atoms with Gasteiger partial charge in [0.05, 0.1) is 27.3 Å². The van der Waals surface area contributed by atoms with Crippen LogP contribution in [0.3, 0.4) is 0 Å². The summed E-state index contributed by atoms with van der Waals surface area (Å²) in [4.78, 5) is 24.1. The summed E-state index contributed by atoms with van der Waals surface area (Å²) in [5.41, 5.74) is 0. The average molecular weight is 261 g/mol. The number of aliphatic hydroxyl groups excluding tert-OH is 1. The molecule has 1 N–H and O–H groups in total. The number of carbonyl (C=O) groups is 2. The molecule has 0 atom stereocenters. The summed E-state index contributed by atoms with van der Waals surface area (Å²) >= 11 is 0. The highest BCUT2D eigenvalue weighted by atomic mass is 16.5. The summed E-state index contributed by atoms with van der Waals surface area (Å²) in [5, 5.41) is 8.64. The molecule has 0 aromatic heterocycles. The van der Waals surface area contributed by atoms with Gasteiger partial charge in [0.25, 0.3) is 0 Å². The summed E-state index contributed by atoms with van der Waals surface area (Å²) in [7, 11) is 2.64. The normalized spacial score (nSPS) is 10.4. The molecule has 0 aliphatic carbocycles. The lowest BCUT2D eigenvalue weighted by molar-refractivity contribution is -0.145. The van der Waals surface area contributed by atoms with E-state index < -0.39 is 0 Å². The Hall–Kier alpha value is -1.14. The maximum Gasteiger partial charge on any atom is 0.319 e. The fraction of sp³-hybridized carbons (Fsp3) is 0.833. The van der Waals surface area contributed by atoms with Crippen molar-refractivity contribution in [3.8, 4) is 0 Å². The highest BCUT2D eigenvalue weighted by Crippen LogP contribution is 2.02. The van der Waals surface area contributed by atoms with Gasteiger partial charge in [-0.15, -0.1) is 0 Å². The van der Waals surface area contributed by atoms with E-state index in [0.29, 0.717) is 6.54 Å². The number of unbranched alkanes of at least 4 members (excludes halogenated alkanes) is 3. The predicted molar refractivity (Wildman–Crippen MR) is 66.0 cm³/mol. The van der Waals surface area contributed by atoms with Crippen molar-refractivity contribution in [2.75, 3.05) is 40.5 Å². The third kappa shape index (κ3) is 8.95. The SMILES string of the molecule is COC(=O)CN(CCCCCCO)CC(=O)OC. The minimum atomic E-state index is -0.366. The minimum Gasteiger partial charge on any atom is -0.468 e. The lowest BCUT2D eigenvalue weighted by Gasteiger charge is -2.19. The summed E-state index contributed by atoms with van der Waals surface area (Å²) in [6, 6.07) is 0. The number of nitrogens with zero attached hydrogens (tertiary/aromatic N) is 1. The third-order valence-corrected chi connectivity index (χ3v) is 2.54. The fourth-order valence-electron chi connectivity index (χ4n) is 1.51. The number of carbonyl (C=O) groups excluding carboxylic acids is 2. The lowest BCUT2D eigenvalue weighted by Crippen LogP contribution is -2.36. The van der Waals surface area contributed by atoms with E-state index in [9.17, 15) is 9.59 Å². The van der Waals surface area contributed by atoms with Crippen LogP contribution < -0.4 is 0 Å². The highest BCUT2D eigenvalue weighted by molar-refractivity contribution is 5.74. The molecule has 0 aromatic carbocycles. The van der Waals surface area contributed by atoms with E-state index in [4.69, 9.17) is 5.11 Å². The van der Waals surface area contributed by atoms with Crippen molar-refractivity contribution >= 4 is 11.9 Å². The zero-order valence-electron chi connectivity index (χ0n) is 11.2. The molecule has 0 saturated heterocycles. The Morgan fingerprint density at radius 1 is 0.944 bits per heavy atom. The molecule has 0 heterocycles. The summed E-state index contributed by atoms with van der Waals surface area (Å²) in [6.07, 6.45) is 3.56. The topological polar surface area (TPSA) is 76.1 Å². The van der Waals surface area contributed by atoms with Gasteiger partial charge in [-0.2, -0.15) is 0 Å². The van der Waals surface area contributed by atoms with Gasteiger partial charge in [0.2, 0.25) is 0 Å². The molecule has 0 rings (SSSR count).